The molecule has 1 aromatic carbocycles. The average molecular weight is 263 g/mol. The molecule has 3 nitrogen and oxygen atoms in total. The van der Waals surface area contributed by atoms with E-state index < -0.39 is 0 Å². The maximum atomic E-state index is 13.6. The lowest BCUT2D eigenvalue weighted by molar-refractivity contribution is 0.498. The molecule has 1 aliphatic carbocycles. The predicted molar refractivity (Wildman–Crippen MR) is 77.2 cm³/mol. The molecule has 1 aliphatic heterocycles. The quantitative estimate of drug-likeness (QED) is 0.908. The Morgan fingerprint density at radius 2 is 2.00 bits per heavy atom. The molecule has 4 heteroatoms. The Bertz CT molecular complexity index is 477. The van der Waals surface area contributed by atoms with E-state index in [0.29, 0.717) is 6.04 Å². The molecule has 2 aliphatic rings. The second-order valence-electron chi connectivity index (χ2n) is 6.47. The molecule has 0 amide bonds. The molecule has 1 saturated carbocycles. The zero-order chi connectivity index (χ0) is 13.6. The number of nitrogens with two attached hydrogens (primary N) is 1. The van der Waals surface area contributed by atoms with Crippen LogP contribution >= 0.6 is 0 Å². The van der Waals surface area contributed by atoms with Crippen LogP contribution in [0.5, 0.6) is 0 Å². The summed E-state index contributed by atoms with van der Waals surface area (Å²) >= 11 is 0. The molecule has 0 aromatic heterocycles. The summed E-state index contributed by atoms with van der Waals surface area (Å²) in [5.41, 5.74) is 8.01. The van der Waals surface area contributed by atoms with Gasteiger partial charge >= 0.3 is 0 Å². The zero-order valence-electron chi connectivity index (χ0n) is 11.7. The van der Waals surface area contributed by atoms with Crippen LogP contribution < -0.4 is 15.5 Å². The van der Waals surface area contributed by atoms with E-state index in [1.807, 2.05) is 19.9 Å². The van der Waals surface area contributed by atoms with Gasteiger partial charge in [0, 0.05) is 31.2 Å². The zero-order valence-corrected chi connectivity index (χ0v) is 11.7. The van der Waals surface area contributed by atoms with E-state index in [1.54, 1.807) is 12.1 Å². The van der Waals surface area contributed by atoms with Crippen LogP contribution in [0.2, 0.25) is 0 Å². The summed E-state index contributed by atoms with van der Waals surface area (Å²) in [5.74, 6) is -0.170. The van der Waals surface area contributed by atoms with Crippen molar-refractivity contribution in [1.29, 1.82) is 0 Å². The third-order valence-electron chi connectivity index (χ3n) is 3.78. The molecule has 0 bridgehead atoms. The van der Waals surface area contributed by atoms with Crippen LogP contribution in [-0.2, 0) is 0 Å². The number of benzene rings is 1. The van der Waals surface area contributed by atoms with E-state index >= 15 is 0 Å². The molecule has 0 unspecified atom stereocenters. The largest absolute Gasteiger partial charge is 0.366 e. The molecule has 1 fully saturated rings. The minimum absolute atomic E-state index is 0.170. The van der Waals surface area contributed by atoms with Crippen molar-refractivity contribution in [3.8, 4) is 0 Å². The number of nitrogens with zero attached hydrogens (tertiary/aromatic N) is 2. The molecular weight excluding hydrogens is 241 g/mol. The van der Waals surface area contributed by atoms with Gasteiger partial charge in [0.05, 0.1) is 11.4 Å². The van der Waals surface area contributed by atoms with Gasteiger partial charge in [0.25, 0.3) is 0 Å². The molecule has 19 heavy (non-hydrogen) atoms. The lowest BCUT2D eigenvalue weighted by atomic mass is 10.0. The summed E-state index contributed by atoms with van der Waals surface area (Å²) in [6, 6.07) is 5.79. The van der Waals surface area contributed by atoms with Crippen molar-refractivity contribution < 1.29 is 4.39 Å². The maximum Gasteiger partial charge on any atom is 0.125 e. The van der Waals surface area contributed by atoms with Crippen molar-refractivity contribution in [2.24, 2.45) is 5.73 Å². The van der Waals surface area contributed by atoms with Crippen molar-refractivity contribution >= 4 is 11.4 Å². The number of hydrogen-bond donors (Lipinski definition) is 1. The Morgan fingerprint density at radius 3 is 2.63 bits per heavy atom. The standard InChI is InChI=1S/C15H22FN3/c1-15(2,17)10-18-7-8-19(12-4-5-12)13-6-3-11(16)9-14(13)18/h3,6,9,12H,4-5,7-8,10,17H2,1-2H3. The van der Waals surface area contributed by atoms with Gasteiger partial charge in [-0.05, 0) is 44.9 Å². The molecular formula is C15H22FN3. The molecule has 1 heterocycles. The van der Waals surface area contributed by atoms with E-state index in [4.69, 9.17) is 5.73 Å². The van der Waals surface area contributed by atoms with Crippen LogP contribution in [0.15, 0.2) is 18.2 Å². The summed E-state index contributed by atoms with van der Waals surface area (Å²) in [6.45, 7) is 6.72. The summed E-state index contributed by atoms with van der Waals surface area (Å²) in [7, 11) is 0. The van der Waals surface area contributed by atoms with Gasteiger partial charge in [-0.15, -0.1) is 0 Å². The summed E-state index contributed by atoms with van der Waals surface area (Å²) in [6.07, 6.45) is 2.53. The van der Waals surface area contributed by atoms with Gasteiger partial charge in [-0.3, -0.25) is 0 Å². The van der Waals surface area contributed by atoms with Gasteiger partial charge < -0.3 is 15.5 Å². The van der Waals surface area contributed by atoms with Crippen LogP contribution in [0.1, 0.15) is 26.7 Å². The fraction of sp³-hybridized carbons (Fsp3) is 0.600. The highest BCUT2D eigenvalue weighted by molar-refractivity contribution is 5.74. The molecule has 0 atom stereocenters. The Labute approximate surface area is 114 Å². The van der Waals surface area contributed by atoms with Crippen LogP contribution in [0.4, 0.5) is 15.8 Å². The van der Waals surface area contributed by atoms with E-state index in [1.165, 1.54) is 18.5 Å². The van der Waals surface area contributed by atoms with Gasteiger partial charge in [-0.25, -0.2) is 4.39 Å². The van der Waals surface area contributed by atoms with Crippen molar-refractivity contribution in [3.05, 3.63) is 24.0 Å². The molecule has 1 aromatic rings. The topological polar surface area (TPSA) is 32.5 Å². The predicted octanol–water partition coefficient (Wildman–Crippen LogP) is 2.35. The molecule has 104 valence electrons. The average Bonchev–Trinajstić information content (AvgIpc) is 3.12. The second kappa shape index (κ2) is 4.37. The third-order valence-corrected chi connectivity index (χ3v) is 3.78. The summed E-state index contributed by atoms with van der Waals surface area (Å²) in [5, 5.41) is 0. The number of fused-ring (bicyclic) bond motifs is 1. The third kappa shape index (κ3) is 2.68. The van der Waals surface area contributed by atoms with Gasteiger partial charge in [-0.1, -0.05) is 0 Å². The molecule has 2 N–H and O–H groups in total. The fourth-order valence-electron chi connectivity index (χ4n) is 2.88. The number of halogens is 1. The molecule has 0 radical (unpaired) electrons. The highest BCUT2D eigenvalue weighted by atomic mass is 19.1. The first-order valence-electron chi connectivity index (χ1n) is 7.04. The normalized spacial score (nSPS) is 19.6. The van der Waals surface area contributed by atoms with Gasteiger partial charge in [0.1, 0.15) is 5.82 Å². The SMILES string of the molecule is CC(C)(N)CN1CCN(C2CC2)c2ccc(F)cc21. The van der Waals surface area contributed by atoms with Gasteiger partial charge in [-0.2, -0.15) is 0 Å². The Morgan fingerprint density at radius 1 is 1.26 bits per heavy atom. The van der Waals surface area contributed by atoms with E-state index in [2.05, 4.69) is 9.80 Å². The van der Waals surface area contributed by atoms with Crippen molar-refractivity contribution in [2.75, 3.05) is 29.4 Å². The van der Waals surface area contributed by atoms with Crippen LogP contribution in [0.25, 0.3) is 0 Å². The number of rotatable bonds is 3. The van der Waals surface area contributed by atoms with Crippen LogP contribution in [0.3, 0.4) is 0 Å². The van der Waals surface area contributed by atoms with Gasteiger partial charge in [0.15, 0.2) is 0 Å². The monoisotopic (exact) mass is 263 g/mol. The Hall–Kier alpha value is -1.29. The van der Waals surface area contributed by atoms with Crippen LogP contribution in [-0.4, -0.2) is 31.2 Å². The van der Waals surface area contributed by atoms with E-state index in [9.17, 15) is 4.39 Å². The summed E-state index contributed by atoms with van der Waals surface area (Å²) < 4.78 is 13.6. The van der Waals surface area contributed by atoms with E-state index in [-0.39, 0.29) is 11.4 Å². The lowest BCUT2D eigenvalue weighted by Gasteiger charge is -2.41. The number of hydrogen-bond acceptors (Lipinski definition) is 3. The van der Waals surface area contributed by atoms with Gasteiger partial charge in [0.2, 0.25) is 0 Å². The molecule has 0 saturated heterocycles. The first-order valence-corrected chi connectivity index (χ1v) is 7.04. The smallest absolute Gasteiger partial charge is 0.125 e. The minimum atomic E-state index is -0.272. The van der Waals surface area contributed by atoms with Crippen molar-refractivity contribution in [3.63, 3.8) is 0 Å². The lowest BCUT2D eigenvalue weighted by Crippen LogP contribution is -2.50. The highest BCUT2D eigenvalue weighted by Crippen LogP contribution is 2.40. The minimum Gasteiger partial charge on any atom is -0.366 e. The Balaban J connectivity index is 1.93. The van der Waals surface area contributed by atoms with Crippen molar-refractivity contribution in [2.45, 2.75) is 38.3 Å². The van der Waals surface area contributed by atoms with E-state index in [0.717, 1.165) is 25.3 Å². The first kappa shape index (κ1) is 12.7. The Kier molecular flexibility index (Phi) is 2.93. The van der Waals surface area contributed by atoms with Crippen molar-refractivity contribution in [1.82, 2.24) is 0 Å². The molecule has 3 rings (SSSR count). The maximum absolute atomic E-state index is 13.6. The summed E-state index contributed by atoms with van der Waals surface area (Å²) in [4.78, 5) is 4.64. The highest BCUT2D eigenvalue weighted by Gasteiger charge is 2.34. The second-order valence-corrected chi connectivity index (χ2v) is 6.47. The fourth-order valence-corrected chi connectivity index (χ4v) is 2.88. The number of anilines is 2. The molecule has 0 spiro atoms. The first-order chi connectivity index (χ1) is 8.94. The van der Waals surface area contributed by atoms with Crippen LogP contribution in [0, 0.1) is 5.82 Å².